The number of aliphatic hydroxyl groups excluding tert-OH is 1. The third-order valence-corrected chi connectivity index (χ3v) is 2.51. The number of hydrogen-bond donors (Lipinski definition) is 2. The van der Waals surface area contributed by atoms with Crippen molar-refractivity contribution in [3.8, 4) is 5.75 Å². The summed E-state index contributed by atoms with van der Waals surface area (Å²) in [5.41, 5.74) is 6.53. The van der Waals surface area contributed by atoms with Crippen molar-refractivity contribution in [1.29, 1.82) is 0 Å². The lowest BCUT2D eigenvalue weighted by Gasteiger charge is -2.14. The zero-order valence-electron chi connectivity index (χ0n) is 11.4. The highest BCUT2D eigenvalue weighted by Gasteiger charge is 2.07. The molecule has 1 aromatic carbocycles. The van der Waals surface area contributed by atoms with Crippen molar-refractivity contribution in [2.45, 2.75) is 19.6 Å². The van der Waals surface area contributed by atoms with E-state index >= 15 is 0 Å². The lowest BCUT2D eigenvalue weighted by molar-refractivity contribution is -0.00939. The van der Waals surface area contributed by atoms with Crippen LogP contribution in [0.4, 0.5) is 0 Å². The number of benzene rings is 1. The third kappa shape index (κ3) is 6.54. The standard InChI is InChI=1S/C14H23NO4/c1-2-17-7-8-18-10-13(16)11-19-14-6-4-3-5-12(14)9-15/h3-6,13,16H,2,7-11,15H2,1H3. The van der Waals surface area contributed by atoms with Gasteiger partial charge in [-0.1, -0.05) is 18.2 Å². The van der Waals surface area contributed by atoms with Gasteiger partial charge in [0.15, 0.2) is 0 Å². The van der Waals surface area contributed by atoms with Crippen LogP contribution in [-0.4, -0.2) is 44.2 Å². The highest BCUT2D eigenvalue weighted by molar-refractivity contribution is 5.32. The highest BCUT2D eigenvalue weighted by atomic mass is 16.5. The largest absolute Gasteiger partial charge is 0.490 e. The number of rotatable bonds is 10. The van der Waals surface area contributed by atoms with Gasteiger partial charge in [0.05, 0.1) is 19.8 Å². The second kappa shape index (κ2) is 9.75. The predicted octanol–water partition coefficient (Wildman–Crippen LogP) is 0.938. The molecule has 0 aliphatic heterocycles. The fourth-order valence-corrected chi connectivity index (χ4v) is 1.53. The van der Waals surface area contributed by atoms with Crippen LogP contribution in [0.15, 0.2) is 24.3 Å². The van der Waals surface area contributed by atoms with E-state index in [2.05, 4.69) is 0 Å². The molecule has 0 aliphatic rings. The SMILES string of the molecule is CCOCCOCC(O)COc1ccccc1CN. The average Bonchev–Trinajstić information content (AvgIpc) is 2.45. The Hall–Kier alpha value is -1.14. The van der Waals surface area contributed by atoms with Crippen molar-refractivity contribution >= 4 is 0 Å². The lowest BCUT2D eigenvalue weighted by Crippen LogP contribution is -2.24. The van der Waals surface area contributed by atoms with E-state index in [-0.39, 0.29) is 13.2 Å². The number of para-hydroxylation sites is 1. The Morgan fingerprint density at radius 2 is 1.89 bits per heavy atom. The zero-order chi connectivity index (χ0) is 13.9. The van der Waals surface area contributed by atoms with Gasteiger partial charge in [-0.25, -0.2) is 0 Å². The van der Waals surface area contributed by atoms with Crippen LogP contribution in [-0.2, 0) is 16.0 Å². The molecule has 0 saturated heterocycles. The fourth-order valence-electron chi connectivity index (χ4n) is 1.53. The fraction of sp³-hybridized carbons (Fsp3) is 0.571. The minimum atomic E-state index is -0.660. The van der Waals surface area contributed by atoms with Crippen molar-refractivity contribution < 1.29 is 19.3 Å². The summed E-state index contributed by atoms with van der Waals surface area (Å²) in [7, 11) is 0. The minimum Gasteiger partial charge on any atom is -0.490 e. The van der Waals surface area contributed by atoms with Crippen molar-refractivity contribution in [3.63, 3.8) is 0 Å². The topological polar surface area (TPSA) is 73.9 Å². The molecule has 1 atom stereocenters. The molecule has 19 heavy (non-hydrogen) atoms. The number of nitrogens with two attached hydrogens (primary N) is 1. The molecule has 3 N–H and O–H groups in total. The molecule has 0 radical (unpaired) electrons. The van der Waals surface area contributed by atoms with Gasteiger partial charge >= 0.3 is 0 Å². The maximum Gasteiger partial charge on any atom is 0.123 e. The van der Waals surface area contributed by atoms with Crippen LogP contribution in [0.3, 0.4) is 0 Å². The molecular weight excluding hydrogens is 246 g/mol. The van der Waals surface area contributed by atoms with Gasteiger partial charge in [-0.05, 0) is 13.0 Å². The Kier molecular flexibility index (Phi) is 8.16. The van der Waals surface area contributed by atoms with Gasteiger partial charge in [0.2, 0.25) is 0 Å². The predicted molar refractivity (Wildman–Crippen MR) is 73.1 cm³/mol. The van der Waals surface area contributed by atoms with Crippen LogP contribution < -0.4 is 10.5 Å². The summed E-state index contributed by atoms with van der Waals surface area (Å²) >= 11 is 0. The first kappa shape index (κ1) is 15.9. The molecule has 5 nitrogen and oxygen atoms in total. The molecular formula is C14H23NO4. The Balaban J connectivity index is 2.20. The third-order valence-electron chi connectivity index (χ3n) is 2.51. The van der Waals surface area contributed by atoms with Crippen molar-refractivity contribution in [3.05, 3.63) is 29.8 Å². The second-order valence-corrected chi connectivity index (χ2v) is 4.05. The van der Waals surface area contributed by atoms with E-state index in [9.17, 15) is 5.11 Å². The molecule has 0 saturated carbocycles. The molecule has 0 aromatic heterocycles. The molecule has 0 heterocycles. The Bertz CT molecular complexity index is 346. The number of aliphatic hydroxyl groups is 1. The van der Waals surface area contributed by atoms with Crippen LogP contribution in [0.1, 0.15) is 12.5 Å². The van der Waals surface area contributed by atoms with E-state index in [4.69, 9.17) is 19.9 Å². The summed E-state index contributed by atoms with van der Waals surface area (Å²) in [5, 5.41) is 9.71. The van der Waals surface area contributed by atoms with E-state index in [1.165, 1.54) is 0 Å². The van der Waals surface area contributed by atoms with Crippen LogP contribution in [0.2, 0.25) is 0 Å². The summed E-state index contributed by atoms with van der Waals surface area (Å²) < 4.78 is 15.9. The molecule has 1 aromatic rings. The molecule has 0 spiro atoms. The molecule has 0 fully saturated rings. The lowest BCUT2D eigenvalue weighted by atomic mass is 10.2. The van der Waals surface area contributed by atoms with Gasteiger partial charge in [-0.3, -0.25) is 0 Å². The quantitative estimate of drug-likeness (QED) is 0.618. The van der Waals surface area contributed by atoms with Crippen LogP contribution >= 0.6 is 0 Å². The molecule has 0 aliphatic carbocycles. The van der Waals surface area contributed by atoms with E-state index < -0.39 is 6.10 Å². The summed E-state index contributed by atoms with van der Waals surface area (Å²) in [6.07, 6.45) is -0.660. The maximum atomic E-state index is 9.71. The highest BCUT2D eigenvalue weighted by Crippen LogP contribution is 2.17. The smallest absolute Gasteiger partial charge is 0.123 e. The van der Waals surface area contributed by atoms with Gasteiger partial charge in [0.25, 0.3) is 0 Å². The normalized spacial score (nSPS) is 12.4. The average molecular weight is 269 g/mol. The van der Waals surface area contributed by atoms with Gasteiger partial charge < -0.3 is 25.1 Å². The first-order valence-corrected chi connectivity index (χ1v) is 6.52. The molecule has 1 rings (SSSR count). The van der Waals surface area contributed by atoms with Gasteiger partial charge in [-0.2, -0.15) is 0 Å². The van der Waals surface area contributed by atoms with Crippen LogP contribution in [0, 0.1) is 0 Å². The number of hydrogen-bond acceptors (Lipinski definition) is 5. The van der Waals surface area contributed by atoms with Gasteiger partial charge in [0, 0.05) is 18.7 Å². The zero-order valence-corrected chi connectivity index (χ0v) is 11.4. The van der Waals surface area contributed by atoms with E-state index in [1.54, 1.807) is 0 Å². The number of ether oxygens (including phenoxy) is 3. The summed E-state index contributed by atoms with van der Waals surface area (Å²) in [5.74, 6) is 0.707. The summed E-state index contributed by atoms with van der Waals surface area (Å²) in [6, 6.07) is 7.52. The van der Waals surface area contributed by atoms with Crippen molar-refractivity contribution in [2.75, 3.05) is 33.0 Å². The van der Waals surface area contributed by atoms with Crippen LogP contribution in [0.25, 0.3) is 0 Å². The minimum absolute atomic E-state index is 0.186. The Morgan fingerprint density at radius 3 is 2.63 bits per heavy atom. The van der Waals surface area contributed by atoms with Gasteiger partial charge in [-0.15, -0.1) is 0 Å². The molecule has 0 bridgehead atoms. The second-order valence-electron chi connectivity index (χ2n) is 4.05. The summed E-state index contributed by atoms with van der Waals surface area (Å²) in [6.45, 7) is 4.45. The van der Waals surface area contributed by atoms with Gasteiger partial charge in [0.1, 0.15) is 18.5 Å². The van der Waals surface area contributed by atoms with Crippen LogP contribution in [0.5, 0.6) is 5.75 Å². The molecule has 5 heteroatoms. The molecule has 1 unspecified atom stereocenters. The Morgan fingerprint density at radius 1 is 1.16 bits per heavy atom. The first-order valence-electron chi connectivity index (χ1n) is 6.52. The Labute approximate surface area is 114 Å². The maximum absolute atomic E-state index is 9.71. The van der Waals surface area contributed by atoms with E-state index in [0.717, 1.165) is 5.56 Å². The van der Waals surface area contributed by atoms with E-state index in [1.807, 2.05) is 31.2 Å². The van der Waals surface area contributed by atoms with E-state index in [0.29, 0.717) is 32.1 Å². The summed E-state index contributed by atoms with van der Waals surface area (Å²) in [4.78, 5) is 0. The van der Waals surface area contributed by atoms with Crippen molar-refractivity contribution in [2.24, 2.45) is 5.73 Å². The first-order chi connectivity index (χ1) is 9.27. The molecule has 108 valence electrons. The monoisotopic (exact) mass is 269 g/mol. The molecule has 0 amide bonds. The van der Waals surface area contributed by atoms with Crippen molar-refractivity contribution in [1.82, 2.24) is 0 Å².